The summed E-state index contributed by atoms with van der Waals surface area (Å²) in [5.74, 6) is 1.28. The maximum atomic E-state index is 5.94. The molecule has 1 unspecified atom stereocenters. The Balaban J connectivity index is 2.18. The number of fused-ring (bicyclic) bond motifs is 3. The second-order valence-corrected chi connectivity index (χ2v) is 4.31. The van der Waals surface area contributed by atoms with Crippen molar-refractivity contribution in [2.24, 2.45) is 11.1 Å². The van der Waals surface area contributed by atoms with Crippen LogP contribution in [0.5, 0.6) is 0 Å². The van der Waals surface area contributed by atoms with E-state index in [1.807, 2.05) is 13.1 Å². The molecule has 4 nitrogen and oxygen atoms in total. The van der Waals surface area contributed by atoms with E-state index in [0.29, 0.717) is 17.5 Å². The molecule has 0 aliphatic carbocycles. The summed E-state index contributed by atoms with van der Waals surface area (Å²) in [6, 6.07) is 1.90. The highest BCUT2D eigenvalue weighted by Gasteiger charge is 2.33. The molecule has 2 aliphatic heterocycles. The molecule has 1 aromatic heterocycles. The third-order valence-corrected chi connectivity index (χ3v) is 3.00. The maximum Gasteiger partial charge on any atom is 0.137 e. The SMILES string of the molecule is CN1CC2CON=C2c2cc(Cl)cnc21. The summed E-state index contributed by atoms with van der Waals surface area (Å²) in [5, 5.41) is 4.70. The molecule has 15 heavy (non-hydrogen) atoms. The molecular formula is C10H10ClN3O. The minimum atomic E-state index is 0.350. The fourth-order valence-electron chi connectivity index (χ4n) is 2.10. The van der Waals surface area contributed by atoms with Crippen molar-refractivity contribution in [3.8, 4) is 0 Å². The summed E-state index contributed by atoms with van der Waals surface area (Å²) >= 11 is 5.94. The summed E-state index contributed by atoms with van der Waals surface area (Å²) in [6.45, 7) is 1.56. The van der Waals surface area contributed by atoms with Gasteiger partial charge in [-0.3, -0.25) is 0 Å². The number of halogens is 1. The molecule has 1 atom stereocenters. The Morgan fingerprint density at radius 2 is 2.47 bits per heavy atom. The maximum absolute atomic E-state index is 5.94. The lowest BCUT2D eigenvalue weighted by Gasteiger charge is -2.29. The van der Waals surface area contributed by atoms with Gasteiger partial charge in [0.15, 0.2) is 0 Å². The van der Waals surface area contributed by atoms with Crippen LogP contribution < -0.4 is 4.90 Å². The van der Waals surface area contributed by atoms with E-state index < -0.39 is 0 Å². The number of aromatic nitrogens is 1. The van der Waals surface area contributed by atoms with E-state index in [-0.39, 0.29) is 0 Å². The highest BCUT2D eigenvalue weighted by Crippen LogP contribution is 2.31. The van der Waals surface area contributed by atoms with Crippen LogP contribution in [-0.4, -0.2) is 30.9 Å². The van der Waals surface area contributed by atoms with Gasteiger partial charge in [-0.15, -0.1) is 0 Å². The predicted octanol–water partition coefficient (Wildman–Crippen LogP) is 1.54. The van der Waals surface area contributed by atoms with E-state index in [1.54, 1.807) is 6.20 Å². The van der Waals surface area contributed by atoms with Crippen LogP contribution in [0.3, 0.4) is 0 Å². The van der Waals surface area contributed by atoms with E-state index in [1.165, 1.54) is 0 Å². The van der Waals surface area contributed by atoms with Crippen molar-refractivity contribution in [2.45, 2.75) is 0 Å². The van der Waals surface area contributed by atoms with E-state index in [0.717, 1.165) is 23.6 Å². The highest BCUT2D eigenvalue weighted by atomic mass is 35.5. The predicted molar refractivity (Wildman–Crippen MR) is 58.5 cm³/mol. The minimum Gasteiger partial charge on any atom is -0.395 e. The van der Waals surface area contributed by atoms with Crippen LogP contribution in [0.4, 0.5) is 5.82 Å². The molecule has 78 valence electrons. The van der Waals surface area contributed by atoms with Crippen molar-refractivity contribution in [3.05, 3.63) is 22.8 Å². The van der Waals surface area contributed by atoms with Gasteiger partial charge in [0.2, 0.25) is 0 Å². The zero-order valence-electron chi connectivity index (χ0n) is 8.27. The Morgan fingerprint density at radius 1 is 1.60 bits per heavy atom. The lowest BCUT2D eigenvalue weighted by Crippen LogP contribution is -2.37. The van der Waals surface area contributed by atoms with Crippen LogP contribution in [0, 0.1) is 5.92 Å². The molecule has 0 amide bonds. The molecule has 5 heteroatoms. The van der Waals surface area contributed by atoms with Gasteiger partial charge in [0, 0.05) is 25.4 Å². The van der Waals surface area contributed by atoms with Crippen LogP contribution >= 0.6 is 11.6 Å². The molecule has 3 heterocycles. The number of rotatable bonds is 0. The molecule has 0 N–H and O–H groups in total. The van der Waals surface area contributed by atoms with Crippen molar-refractivity contribution in [1.29, 1.82) is 0 Å². The lowest BCUT2D eigenvalue weighted by molar-refractivity contribution is 0.156. The van der Waals surface area contributed by atoms with Crippen molar-refractivity contribution < 1.29 is 4.84 Å². The first-order valence-electron chi connectivity index (χ1n) is 4.82. The van der Waals surface area contributed by atoms with Crippen LogP contribution in [0.15, 0.2) is 17.4 Å². The van der Waals surface area contributed by atoms with Crippen LogP contribution in [0.1, 0.15) is 5.56 Å². The van der Waals surface area contributed by atoms with Gasteiger partial charge in [0.25, 0.3) is 0 Å². The van der Waals surface area contributed by atoms with Crippen molar-refractivity contribution >= 4 is 23.1 Å². The Kier molecular flexibility index (Phi) is 1.85. The number of hydrogen-bond acceptors (Lipinski definition) is 4. The fraction of sp³-hybridized carbons (Fsp3) is 0.400. The fourth-order valence-corrected chi connectivity index (χ4v) is 2.26. The third-order valence-electron chi connectivity index (χ3n) is 2.79. The van der Waals surface area contributed by atoms with Crippen molar-refractivity contribution in [2.75, 3.05) is 25.1 Å². The molecule has 0 saturated heterocycles. The molecular weight excluding hydrogens is 214 g/mol. The molecule has 0 spiro atoms. The Hall–Kier alpha value is -1.29. The normalized spacial score (nSPS) is 22.9. The van der Waals surface area contributed by atoms with Gasteiger partial charge in [-0.2, -0.15) is 0 Å². The van der Waals surface area contributed by atoms with Crippen LogP contribution in [0.2, 0.25) is 5.02 Å². The van der Waals surface area contributed by atoms with Crippen LogP contribution in [0.25, 0.3) is 0 Å². The standard InChI is InChI=1S/C10H10ClN3O/c1-14-4-6-5-15-13-9(6)8-2-7(11)3-12-10(8)14/h2-3,6H,4-5H2,1H3. The molecule has 0 radical (unpaired) electrons. The molecule has 0 bridgehead atoms. The zero-order chi connectivity index (χ0) is 10.4. The number of oxime groups is 1. The molecule has 0 saturated carbocycles. The van der Waals surface area contributed by atoms with Gasteiger partial charge in [0.05, 0.1) is 16.7 Å². The van der Waals surface area contributed by atoms with Gasteiger partial charge in [-0.1, -0.05) is 16.8 Å². The van der Waals surface area contributed by atoms with Gasteiger partial charge in [0.1, 0.15) is 12.4 Å². The zero-order valence-corrected chi connectivity index (χ0v) is 9.03. The second kappa shape index (κ2) is 3.10. The van der Waals surface area contributed by atoms with Crippen LogP contribution in [-0.2, 0) is 4.84 Å². The molecule has 0 fully saturated rings. The lowest BCUT2D eigenvalue weighted by atomic mass is 9.94. The summed E-state index contributed by atoms with van der Waals surface area (Å²) in [7, 11) is 2.02. The summed E-state index contributed by atoms with van der Waals surface area (Å²) in [5.41, 5.74) is 1.98. The van der Waals surface area contributed by atoms with Gasteiger partial charge in [-0.05, 0) is 6.07 Å². The van der Waals surface area contributed by atoms with E-state index in [9.17, 15) is 0 Å². The molecule has 0 aromatic carbocycles. The summed E-state index contributed by atoms with van der Waals surface area (Å²) < 4.78 is 0. The van der Waals surface area contributed by atoms with E-state index in [2.05, 4.69) is 15.0 Å². The topological polar surface area (TPSA) is 37.7 Å². The van der Waals surface area contributed by atoms with Crippen molar-refractivity contribution in [3.63, 3.8) is 0 Å². The van der Waals surface area contributed by atoms with E-state index in [4.69, 9.17) is 16.4 Å². The molecule has 3 rings (SSSR count). The first-order valence-corrected chi connectivity index (χ1v) is 5.20. The number of pyridine rings is 1. The van der Waals surface area contributed by atoms with E-state index >= 15 is 0 Å². The second-order valence-electron chi connectivity index (χ2n) is 3.87. The number of anilines is 1. The molecule has 1 aromatic rings. The minimum absolute atomic E-state index is 0.350. The number of nitrogens with zero attached hydrogens (tertiary/aromatic N) is 3. The quantitative estimate of drug-likeness (QED) is 0.670. The number of hydrogen-bond donors (Lipinski definition) is 0. The van der Waals surface area contributed by atoms with Gasteiger partial charge >= 0.3 is 0 Å². The smallest absolute Gasteiger partial charge is 0.137 e. The first kappa shape index (κ1) is 8.97. The third kappa shape index (κ3) is 1.28. The average Bonchev–Trinajstić information content (AvgIpc) is 2.65. The Bertz CT molecular complexity index is 446. The van der Waals surface area contributed by atoms with Gasteiger partial charge < -0.3 is 9.74 Å². The van der Waals surface area contributed by atoms with Gasteiger partial charge in [-0.25, -0.2) is 4.98 Å². The molecule has 2 aliphatic rings. The Labute approximate surface area is 92.5 Å². The average molecular weight is 224 g/mol. The van der Waals surface area contributed by atoms with Crippen molar-refractivity contribution in [1.82, 2.24) is 4.98 Å². The monoisotopic (exact) mass is 223 g/mol. The highest BCUT2D eigenvalue weighted by molar-refractivity contribution is 6.31. The Morgan fingerprint density at radius 3 is 3.33 bits per heavy atom. The summed E-state index contributed by atoms with van der Waals surface area (Å²) in [6.07, 6.45) is 1.66. The largest absolute Gasteiger partial charge is 0.395 e. The first-order chi connectivity index (χ1) is 7.25. The summed E-state index contributed by atoms with van der Waals surface area (Å²) in [4.78, 5) is 11.6.